The summed E-state index contributed by atoms with van der Waals surface area (Å²) in [6, 6.07) is 9.36. The van der Waals surface area contributed by atoms with Crippen molar-refractivity contribution < 1.29 is 9.84 Å². The van der Waals surface area contributed by atoms with Gasteiger partial charge in [-0.3, -0.25) is 0 Å². The normalized spacial score (nSPS) is 12.3. The number of aryl methyl sites for hydroxylation is 2. The van der Waals surface area contributed by atoms with E-state index in [9.17, 15) is 5.11 Å². The number of aliphatic hydroxyl groups is 1. The summed E-state index contributed by atoms with van der Waals surface area (Å²) in [6.07, 6.45) is -0.500. The first-order chi connectivity index (χ1) is 9.38. The number of rotatable bonds is 3. The van der Waals surface area contributed by atoms with Crippen molar-refractivity contribution in [3.05, 3.63) is 56.5 Å². The summed E-state index contributed by atoms with van der Waals surface area (Å²) < 4.78 is 6.68. The minimum Gasteiger partial charge on any atom is -0.456 e. The van der Waals surface area contributed by atoms with Crippen LogP contribution in [0.1, 0.15) is 29.7 Å². The van der Waals surface area contributed by atoms with Gasteiger partial charge in [-0.15, -0.1) is 0 Å². The van der Waals surface area contributed by atoms with E-state index < -0.39 is 6.10 Å². The van der Waals surface area contributed by atoms with E-state index in [1.54, 1.807) is 6.92 Å². The van der Waals surface area contributed by atoms with Crippen LogP contribution < -0.4 is 4.74 Å². The molecule has 0 saturated heterocycles. The molecule has 0 aliphatic rings. The van der Waals surface area contributed by atoms with Gasteiger partial charge >= 0.3 is 0 Å². The monoisotopic (exact) mass is 354 g/mol. The zero-order valence-corrected chi connectivity index (χ0v) is 13.9. The standard InChI is InChI=1S/C16H16BrClO2/c1-9-6-13(7-10(2)16(9)18)20-15-5-4-12(11(3)19)8-14(15)17/h4-8,11,19H,1-3H3. The molecule has 0 spiro atoms. The summed E-state index contributed by atoms with van der Waals surface area (Å²) in [5.41, 5.74) is 2.81. The zero-order chi connectivity index (χ0) is 14.9. The summed E-state index contributed by atoms with van der Waals surface area (Å²) in [5, 5.41) is 10.3. The Labute approximate surface area is 132 Å². The van der Waals surface area contributed by atoms with E-state index in [0.717, 1.165) is 31.9 Å². The van der Waals surface area contributed by atoms with E-state index >= 15 is 0 Å². The van der Waals surface area contributed by atoms with Crippen LogP contribution in [0.4, 0.5) is 0 Å². The van der Waals surface area contributed by atoms with Crippen molar-refractivity contribution in [2.75, 3.05) is 0 Å². The molecule has 1 atom stereocenters. The summed E-state index contributed by atoms with van der Waals surface area (Å²) >= 11 is 9.61. The Morgan fingerprint density at radius 3 is 2.25 bits per heavy atom. The smallest absolute Gasteiger partial charge is 0.141 e. The molecule has 4 heteroatoms. The fourth-order valence-corrected chi connectivity index (χ4v) is 2.54. The minimum absolute atomic E-state index is 0.500. The minimum atomic E-state index is -0.500. The molecule has 0 aliphatic carbocycles. The van der Waals surface area contributed by atoms with Gasteiger partial charge in [-0.05, 0) is 77.7 Å². The van der Waals surface area contributed by atoms with Gasteiger partial charge in [0.15, 0.2) is 0 Å². The molecular weight excluding hydrogens is 340 g/mol. The van der Waals surface area contributed by atoms with Crippen molar-refractivity contribution in [2.45, 2.75) is 26.9 Å². The Kier molecular flexibility index (Phi) is 4.74. The van der Waals surface area contributed by atoms with E-state index in [4.69, 9.17) is 16.3 Å². The molecule has 0 saturated carbocycles. The maximum Gasteiger partial charge on any atom is 0.141 e. The van der Waals surface area contributed by atoms with E-state index in [-0.39, 0.29) is 0 Å². The lowest BCUT2D eigenvalue weighted by molar-refractivity contribution is 0.199. The van der Waals surface area contributed by atoms with Crippen LogP contribution in [0.15, 0.2) is 34.8 Å². The fraction of sp³-hybridized carbons (Fsp3) is 0.250. The lowest BCUT2D eigenvalue weighted by Gasteiger charge is -2.12. The van der Waals surface area contributed by atoms with Crippen molar-refractivity contribution >= 4 is 27.5 Å². The van der Waals surface area contributed by atoms with Crippen LogP contribution in [0.5, 0.6) is 11.5 Å². The lowest BCUT2D eigenvalue weighted by Crippen LogP contribution is -1.93. The van der Waals surface area contributed by atoms with Crippen LogP contribution in [0.25, 0.3) is 0 Å². The lowest BCUT2D eigenvalue weighted by atomic mass is 10.1. The molecule has 2 aromatic rings. The Bertz CT molecular complexity index is 615. The molecule has 0 heterocycles. The van der Waals surface area contributed by atoms with Gasteiger partial charge < -0.3 is 9.84 Å². The van der Waals surface area contributed by atoms with Gasteiger partial charge in [-0.1, -0.05) is 17.7 Å². The summed E-state index contributed by atoms with van der Waals surface area (Å²) in [5.74, 6) is 1.45. The highest BCUT2D eigenvalue weighted by Gasteiger charge is 2.09. The summed E-state index contributed by atoms with van der Waals surface area (Å²) in [7, 11) is 0. The molecule has 106 valence electrons. The van der Waals surface area contributed by atoms with E-state index in [0.29, 0.717) is 5.75 Å². The molecule has 2 nitrogen and oxygen atoms in total. The van der Waals surface area contributed by atoms with Crippen molar-refractivity contribution in [3.63, 3.8) is 0 Å². The van der Waals surface area contributed by atoms with Crippen LogP contribution in [0.3, 0.4) is 0 Å². The molecule has 20 heavy (non-hydrogen) atoms. The molecule has 0 aromatic heterocycles. The van der Waals surface area contributed by atoms with Crippen LogP contribution >= 0.6 is 27.5 Å². The van der Waals surface area contributed by atoms with Crippen molar-refractivity contribution in [1.82, 2.24) is 0 Å². The van der Waals surface area contributed by atoms with Crippen LogP contribution in [0, 0.1) is 13.8 Å². The highest BCUT2D eigenvalue weighted by molar-refractivity contribution is 9.10. The number of halogens is 2. The average Bonchev–Trinajstić information content (AvgIpc) is 2.38. The maximum absolute atomic E-state index is 9.56. The third-order valence-electron chi connectivity index (χ3n) is 3.08. The first kappa shape index (κ1) is 15.4. The molecule has 1 unspecified atom stereocenters. The summed E-state index contributed by atoms with van der Waals surface area (Å²) in [4.78, 5) is 0. The molecule has 2 aromatic carbocycles. The second-order valence-electron chi connectivity index (χ2n) is 4.84. The molecule has 0 amide bonds. The van der Waals surface area contributed by atoms with Gasteiger partial charge in [0.1, 0.15) is 11.5 Å². The predicted molar refractivity (Wildman–Crippen MR) is 85.8 cm³/mol. The van der Waals surface area contributed by atoms with Crippen molar-refractivity contribution in [3.8, 4) is 11.5 Å². The van der Waals surface area contributed by atoms with E-state index in [2.05, 4.69) is 15.9 Å². The van der Waals surface area contributed by atoms with Crippen molar-refractivity contribution in [1.29, 1.82) is 0 Å². The molecule has 0 fully saturated rings. The zero-order valence-electron chi connectivity index (χ0n) is 11.6. The third kappa shape index (κ3) is 3.35. The van der Waals surface area contributed by atoms with Gasteiger partial charge in [-0.25, -0.2) is 0 Å². The van der Waals surface area contributed by atoms with Crippen LogP contribution in [0.2, 0.25) is 5.02 Å². The van der Waals surface area contributed by atoms with Crippen LogP contribution in [-0.2, 0) is 0 Å². The number of benzene rings is 2. The predicted octanol–water partition coefficient (Wildman–Crippen LogP) is 5.56. The van der Waals surface area contributed by atoms with Gasteiger partial charge in [0.25, 0.3) is 0 Å². The van der Waals surface area contributed by atoms with Crippen LogP contribution in [-0.4, -0.2) is 5.11 Å². The fourth-order valence-electron chi connectivity index (χ4n) is 1.95. The molecule has 2 rings (SSSR count). The van der Waals surface area contributed by atoms with Crippen molar-refractivity contribution in [2.24, 2.45) is 0 Å². The largest absolute Gasteiger partial charge is 0.456 e. The Morgan fingerprint density at radius 2 is 1.75 bits per heavy atom. The Balaban J connectivity index is 2.31. The molecule has 1 N–H and O–H groups in total. The first-order valence-electron chi connectivity index (χ1n) is 6.30. The number of hydrogen-bond donors (Lipinski definition) is 1. The number of aliphatic hydroxyl groups excluding tert-OH is 1. The molecule has 0 bridgehead atoms. The molecule has 0 radical (unpaired) electrons. The second-order valence-corrected chi connectivity index (χ2v) is 6.07. The Morgan fingerprint density at radius 1 is 1.15 bits per heavy atom. The number of ether oxygens (including phenoxy) is 1. The second kappa shape index (κ2) is 6.17. The topological polar surface area (TPSA) is 29.5 Å². The highest BCUT2D eigenvalue weighted by Crippen LogP contribution is 2.34. The average molecular weight is 356 g/mol. The SMILES string of the molecule is Cc1cc(Oc2ccc(C(C)O)cc2Br)cc(C)c1Cl. The van der Waals surface area contributed by atoms with E-state index in [1.165, 1.54) is 0 Å². The van der Waals surface area contributed by atoms with Gasteiger partial charge in [0, 0.05) is 5.02 Å². The maximum atomic E-state index is 9.56. The first-order valence-corrected chi connectivity index (χ1v) is 7.47. The van der Waals surface area contributed by atoms with Gasteiger partial charge in [0.2, 0.25) is 0 Å². The number of hydrogen-bond acceptors (Lipinski definition) is 2. The van der Waals surface area contributed by atoms with E-state index in [1.807, 2.05) is 44.2 Å². The van der Waals surface area contributed by atoms with Gasteiger partial charge in [0.05, 0.1) is 10.6 Å². The quantitative estimate of drug-likeness (QED) is 0.780. The highest BCUT2D eigenvalue weighted by atomic mass is 79.9. The molecule has 0 aliphatic heterocycles. The Hall–Kier alpha value is -1.03. The summed E-state index contributed by atoms with van der Waals surface area (Å²) in [6.45, 7) is 5.63. The molecular formula is C16H16BrClO2. The van der Waals surface area contributed by atoms with Gasteiger partial charge in [-0.2, -0.15) is 0 Å². The third-order valence-corrected chi connectivity index (χ3v) is 4.29.